The van der Waals surface area contributed by atoms with E-state index in [0.717, 1.165) is 24.4 Å². The second kappa shape index (κ2) is 9.47. The molecule has 0 radical (unpaired) electrons. The van der Waals surface area contributed by atoms with E-state index in [2.05, 4.69) is 15.4 Å². The summed E-state index contributed by atoms with van der Waals surface area (Å²) in [6.45, 7) is 1.50. The lowest BCUT2D eigenvalue weighted by Crippen LogP contribution is -2.46. The normalized spacial score (nSPS) is 20.4. The quantitative estimate of drug-likeness (QED) is 0.358. The molecule has 0 aliphatic heterocycles. The number of carbonyl (C=O) groups is 1. The Labute approximate surface area is 209 Å². The Hall–Kier alpha value is -2.99. The number of carbonyl (C=O) groups excluding carboxylic acids is 1. The van der Waals surface area contributed by atoms with Gasteiger partial charge in [0.1, 0.15) is 11.5 Å². The third kappa shape index (κ3) is 4.96. The van der Waals surface area contributed by atoms with E-state index >= 15 is 0 Å². The van der Waals surface area contributed by atoms with Crippen LogP contribution < -0.4 is 5.32 Å². The van der Waals surface area contributed by atoms with Crippen molar-refractivity contribution in [1.82, 2.24) is 20.1 Å². The first-order valence-corrected chi connectivity index (χ1v) is 12.8. The van der Waals surface area contributed by atoms with E-state index in [9.17, 15) is 30.8 Å². The van der Waals surface area contributed by atoms with Gasteiger partial charge in [-0.3, -0.25) is 4.79 Å². The molecule has 1 saturated carbocycles. The molecule has 13 heteroatoms. The van der Waals surface area contributed by atoms with Crippen LogP contribution in [-0.2, 0) is 27.4 Å². The number of aromatic nitrogens is 3. The van der Waals surface area contributed by atoms with Crippen LogP contribution in [0.2, 0.25) is 5.15 Å². The number of hydrogen-bond acceptors (Lipinski definition) is 5. The zero-order chi connectivity index (χ0) is 26.3. The highest BCUT2D eigenvalue weighted by Crippen LogP contribution is 2.44. The van der Waals surface area contributed by atoms with Crippen molar-refractivity contribution in [1.29, 1.82) is 0 Å². The Kier molecular flexibility index (Phi) is 6.86. The number of hydrogen-bond donors (Lipinski definition) is 1. The lowest BCUT2D eigenvalue weighted by Gasteiger charge is -2.30. The van der Waals surface area contributed by atoms with Crippen LogP contribution in [0.1, 0.15) is 37.4 Å². The van der Waals surface area contributed by atoms with Crippen LogP contribution in [0.4, 0.5) is 17.6 Å². The number of pyridine rings is 1. The highest BCUT2D eigenvalue weighted by molar-refractivity contribution is 7.92. The van der Waals surface area contributed by atoms with Crippen LogP contribution in [0.15, 0.2) is 53.7 Å². The molecule has 1 fully saturated rings. The van der Waals surface area contributed by atoms with E-state index < -0.39 is 44.1 Å². The van der Waals surface area contributed by atoms with Crippen LogP contribution in [-0.4, -0.2) is 34.3 Å². The van der Waals surface area contributed by atoms with Crippen molar-refractivity contribution in [3.63, 3.8) is 0 Å². The summed E-state index contributed by atoms with van der Waals surface area (Å²) in [5.74, 6) is -1.05. The number of nitrogens with one attached hydrogen (secondary N) is 1. The summed E-state index contributed by atoms with van der Waals surface area (Å²) in [7, 11) is -3.90. The number of benzene rings is 1. The molecule has 4 rings (SSSR count). The SMILES string of the molecule is CC1(C(=O)NCc2cn(-c3ccc(C(F)(F)F)nc3)nc2Cl)CCCC1S(=O)(=O)c1ccc(F)cc1. The molecule has 7 nitrogen and oxygen atoms in total. The summed E-state index contributed by atoms with van der Waals surface area (Å²) in [5.41, 5.74) is -1.67. The lowest BCUT2D eigenvalue weighted by molar-refractivity contribution is -0.141. The first-order chi connectivity index (χ1) is 16.8. The molecule has 1 N–H and O–H groups in total. The number of amides is 1. The van der Waals surface area contributed by atoms with Crippen molar-refractivity contribution in [3.05, 3.63) is 71.0 Å². The average molecular weight is 545 g/mol. The first-order valence-electron chi connectivity index (χ1n) is 10.9. The van der Waals surface area contributed by atoms with E-state index in [-0.39, 0.29) is 28.7 Å². The Morgan fingerprint density at radius 3 is 2.53 bits per heavy atom. The van der Waals surface area contributed by atoms with E-state index in [1.54, 1.807) is 6.92 Å². The van der Waals surface area contributed by atoms with Gasteiger partial charge in [0.2, 0.25) is 5.91 Å². The molecule has 2 heterocycles. The van der Waals surface area contributed by atoms with Crippen molar-refractivity contribution in [2.75, 3.05) is 0 Å². The maximum Gasteiger partial charge on any atom is 0.433 e. The molecule has 1 aliphatic carbocycles. The third-order valence-electron chi connectivity index (χ3n) is 6.39. The fourth-order valence-electron chi connectivity index (χ4n) is 4.39. The van der Waals surface area contributed by atoms with Gasteiger partial charge in [0.25, 0.3) is 0 Å². The van der Waals surface area contributed by atoms with Gasteiger partial charge in [-0.1, -0.05) is 18.0 Å². The standard InChI is InChI=1S/C23H21ClF4N4O3S/c1-22(10-2-3-19(22)36(34,35)17-7-4-15(25)5-8-17)21(33)30-11-14-13-32(31-20(14)24)16-6-9-18(29-12-16)23(26,27)28/h4-9,12-13,19H,2-3,10-11H2,1H3,(H,30,33). The second-order valence-electron chi connectivity index (χ2n) is 8.77. The van der Waals surface area contributed by atoms with Crippen molar-refractivity contribution >= 4 is 27.3 Å². The van der Waals surface area contributed by atoms with Crippen LogP contribution in [0, 0.1) is 11.2 Å². The minimum absolute atomic E-state index is 0.0160. The van der Waals surface area contributed by atoms with Gasteiger partial charge >= 0.3 is 6.18 Å². The maximum atomic E-state index is 13.3. The fourth-order valence-corrected chi connectivity index (χ4v) is 6.81. The predicted molar refractivity (Wildman–Crippen MR) is 123 cm³/mol. The largest absolute Gasteiger partial charge is 0.433 e. The summed E-state index contributed by atoms with van der Waals surface area (Å²) >= 11 is 6.16. The van der Waals surface area contributed by atoms with E-state index in [4.69, 9.17) is 11.6 Å². The number of halogens is 5. The van der Waals surface area contributed by atoms with Gasteiger partial charge in [-0.2, -0.15) is 18.3 Å². The van der Waals surface area contributed by atoms with Crippen LogP contribution >= 0.6 is 11.6 Å². The summed E-state index contributed by atoms with van der Waals surface area (Å²) in [6, 6.07) is 6.49. The molecule has 36 heavy (non-hydrogen) atoms. The Bertz CT molecular complexity index is 1380. The maximum absolute atomic E-state index is 13.3. The van der Waals surface area contributed by atoms with Gasteiger partial charge in [0, 0.05) is 18.3 Å². The molecule has 1 amide bonds. The molecule has 3 aromatic rings. The molecule has 0 spiro atoms. The molecule has 0 saturated heterocycles. The number of sulfone groups is 1. The van der Waals surface area contributed by atoms with Gasteiger partial charge in [0.15, 0.2) is 15.0 Å². The van der Waals surface area contributed by atoms with Gasteiger partial charge in [0.05, 0.1) is 27.4 Å². The van der Waals surface area contributed by atoms with Gasteiger partial charge in [-0.05, 0) is 56.2 Å². The highest BCUT2D eigenvalue weighted by atomic mass is 35.5. The Balaban J connectivity index is 1.49. The third-order valence-corrected chi connectivity index (χ3v) is 9.14. The Morgan fingerprint density at radius 2 is 1.92 bits per heavy atom. The molecule has 2 aromatic heterocycles. The van der Waals surface area contributed by atoms with Crippen molar-refractivity contribution in [3.8, 4) is 5.69 Å². The Morgan fingerprint density at radius 1 is 1.22 bits per heavy atom. The molecule has 0 bridgehead atoms. The monoisotopic (exact) mass is 544 g/mol. The van der Waals surface area contributed by atoms with E-state index in [0.29, 0.717) is 18.4 Å². The highest BCUT2D eigenvalue weighted by Gasteiger charge is 2.51. The molecule has 2 atom stereocenters. The minimum Gasteiger partial charge on any atom is -0.351 e. The average Bonchev–Trinajstić information content (AvgIpc) is 3.41. The van der Waals surface area contributed by atoms with Gasteiger partial charge in [-0.15, -0.1) is 0 Å². The van der Waals surface area contributed by atoms with Crippen molar-refractivity contribution in [2.24, 2.45) is 5.41 Å². The summed E-state index contributed by atoms with van der Waals surface area (Å²) in [5, 5.41) is 5.79. The number of alkyl halides is 3. The van der Waals surface area contributed by atoms with Crippen LogP contribution in [0.25, 0.3) is 5.69 Å². The van der Waals surface area contributed by atoms with E-state index in [1.165, 1.54) is 29.1 Å². The topological polar surface area (TPSA) is 93.9 Å². The summed E-state index contributed by atoms with van der Waals surface area (Å²) < 4.78 is 79.2. The van der Waals surface area contributed by atoms with Gasteiger partial charge < -0.3 is 5.32 Å². The molecule has 1 aromatic carbocycles. The number of nitrogens with zero attached hydrogens (tertiary/aromatic N) is 3. The van der Waals surface area contributed by atoms with Crippen molar-refractivity contribution < 1.29 is 30.8 Å². The summed E-state index contributed by atoms with van der Waals surface area (Å²) in [4.78, 5) is 16.5. The molecule has 2 unspecified atom stereocenters. The zero-order valence-electron chi connectivity index (χ0n) is 18.9. The fraction of sp³-hybridized carbons (Fsp3) is 0.348. The van der Waals surface area contributed by atoms with Crippen LogP contribution in [0.3, 0.4) is 0 Å². The molecule has 192 valence electrons. The van der Waals surface area contributed by atoms with Crippen molar-refractivity contribution in [2.45, 2.75) is 49.1 Å². The minimum atomic E-state index is -4.58. The summed E-state index contributed by atoms with van der Waals surface area (Å²) in [6.07, 6.45) is -0.990. The smallest absolute Gasteiger partial charge is 0.351 e. The molecule has 1 aliphatic rings. The first kappa shape index (κ1) is 26.1. The van der Waals surface area contributed by atoms with E-state index in [1.807, 2.05) is 0 Å². The molecular weight excluding hydrogens is 524 g/mol. The second-order valence-corrected chi connectivity index (χ2v) is 11.3. The lowest BCUT2D eigenvalue weighted by atomic mass is 9.87. The zero-order valence-corrected chi connectivity index (χ0v) is 20.5. The van der Waals surface area contributed by atoms with Gasteiger partial charge in [-0.25, -0.2) is 22.5 Å². The van der Waals surface area contributed by atoms with Crippen LogP contribution in [0.5, 0.6) is 0 Å². The number of rotatable bonds is 6. The predicted octanol–water partition coefficient (Wildman–Crippen LogP) is 4.73. The molecular formula is C23H21ClF4N4O3S.